The third-order valence-electron chi connectivity index (χ3n) is 8.50. The first-order valence-electron chi connectivity index (χ1n) is 13.3. The molecule has 1 fully saturated rings. The number of fused-ring (bicyclic) bond motifs is 2. The molecule has 0 atom stereocenters. The van der Waals surface area contributed by atoms with E-state index in [2.05, 4.69) is 66.9 Å². The molecule has 7 heteroatoms. The van der Waals surface area contributed by atoms with E-state index >= 15 is 0 Å². The van der Waals surface area contributed by atoms with Gasteiger partial charge in [-0.1, -0.05) is 42.5 Å². The summed E-state index contributed by atoms with van der Waals surface area (Å²) in [5.41, 5.74) is 8.03. The van der Waals surface area contributed by atoms with Gasteiger partial charge >= 0.3 is 0 Å². The van der Waals surface area contributed by atoms with Gasteiger partial charge in [-0.2, -0.15) is 4.31 Å². The number of aryl methyl sites for hydroxylation is 1. The van der Waals surface area contributed by atoms with Crippen LogP contribution in [0.1, 0.15) is 46.7 Å². The summed E-state index contributed by atoms with van der Waals surface area (Å²) in [5, 5.41) is 1.27. The molecule has 1 saturated heterocycles. The monoisotopic (exact) mass is 527 g/mol. The van der Waals surface area contributed by atoms with Crippen molar-refractivity contribution < 1.29 is 13.2 Å². The van der Waals surface area contributed by atoms with E-state index in [0.29, 0.717) is 19.0 Å². The SMILES string of the molecule is Cc1ccccc1Cn1c(C)c(C2CCN(S(=O)(=O)c3ccc4c(c3)CC(=O)N4C)CC2)c2ccccc21. The van der Waals surface area contributed by atoms with Gasteiger partial charge in [0.15, 0.2) is 0 Å². The van der Waals surface area contributed by atoms with Gasteiger partial charge in [-0.15, -0.1) is 0 Å². The normalized spacial score (nSPS) is 16.9. The molecule has 3 aromatic carbocycles. The Morgan fingerprint density at radius 3 is 2.39 bits per heavy atom. The van der Waals surface area contributed by atoms with E-state index in [1.54, 1.807) is 34.5 Å². The van der Waals surface area contributed by atoms with E-state index in [1.165, 1.54) is 33.3 Å². The number of nitrogens with zero attached hydrogens (tertiary/aromatic N) is 3. The molecule has 1 aromatic heterocycles. The molecule has 1 amide bonds. The zero-order valence-corrected chi connectivity index (χ0v) is 23.0. The Kier molecular flexibility index (Phi) is 6.16. The van der Waals surface area contributed by atoms with Crippen molar-refractivity contribution in [3.63, 3.8) is 0 Å². The Bertz CT molecular complexity index is 1660. The van der Waals surface area contributed by atoms with Gasteiger partial charge in [0.2, 0.25) is 15.9 Å². The number of rotatable bonds is 5. The van der Waals surface area contributed by atoms with Crippen LogP contribution in [0, 0.1) is 13.8 Å². The number of carbonyl (C=O) groups excluding carboxylic acids is 1. The predicted octanol–water partition coefficient (Wildman–Crippen LogP) is 5.39. The van der Waals surface area contributed by atoms with Crippen molar-refractivity contribution in [2.24, 2.45) is 0 Å². The summed E-state index contributed by atoms with van der Waals surface area (Å²) in [4.78, 5) is 13.9. The average Bonchev–Trinajstić information content (AvgIpc) is 3.37. The molecular weight excluding hydrogens is 494 g/mol. The molecule has 0 saturated carbocycles. The number of hydrogen-bond donors (Lipinski definition) is 0. The lowest BCUT2D eigenvalue weighted by Gasteiger charge is -2.32. The molecule has 6 nitrogen and oxygen atoms in total. The molecule has 0 radical (unpaired) electrons. The number of benzene rings is 3. The average molecular weight is 528 g/mol. The van der Waals surface area contributed by atoms with Crippen LogP contribution in [0.2, 0.25) is 0 Å². The summed E-state index contributed by atoms with van der Waals surface area (Å²) in [5.74, 6) is 0.295. The van der Waals surface area contributed by atoms with Crippen molar-refractivity contribution in [2.45, 2.75) is 50.5 Å². The third kappa shape index (κ3) is 4.05. The highest BCUT2D eigenvalue weighted by molar-refractivity contribution is 7.89. The minimum absolute atomic E-state index is 0.00711. The second kappa shape index (κ2) is 9.40. The first-order valence-corrected chi connectivity index (χ1v) is 14.7. The van der Waals surface area contributed by atoms with E-state index < -0.39 is 10.0 Å². The fourth-order valence-electron chi connectivity index (χ4n) is 6.28. The number of amides is 1. The largest absolute Gasteiger partial charge is 0.340 e. The van der Waals surface area contributed by atoms with Crippen molar-refractivity contribution in [1.29, 1.82) is 0 Å². The van der Waals surface area contributed by atoms with Crippen LogP contribution in [0.3, 0.4) is 0 Å². The molecule has 2 aliphatic rings. The van der Waals surface area contributed by atoms with E-state index in [-0.39, 0.29) is 17.2 Å². The molecular formula is C31H33N3O3S. The maximum Gasteiger partial charge on any atom is 0.243 e. The molecule has 2 aliphatic heterocycles. The lowest BCUT2D eigenvalue weighted by atomic mass is 9.88. The Morgan fingerprint density at radius 1 is 0.921 bits per heavy atom. The van der Waals surface area contributed by atoms with Gasteiger partial charge in [0, 0.05) is 49.0 Å². The van der Waals surface area contributed by atoms with Gasteiger partial charge in [0.25, 0.3) is 0 Å². The Labute approximate surface area is 224 Å². The van der Waals surface area contributed by atoms with Crippen LogP contribution in [-0.2, 0) is 27.8 Å². The Hall–Kier alpha value is -3.42. The summed E-state index contributed by atoms with van der Waals surface area (Å²) in [6, 6.07) is 22.2. The van der Waals surface area contributed by atoms with Crippen LogP contribution in [0.4, 0.5) is 5.69 Å². The van der Waals surface area contributed by atoms with E-state index in [9.17, 15) is 13.2 Å². The zero-order valence-electron chi connectivity index (χ0n) is 22.1. The van der Waals surface area contributed by atoms with Crippen LogP contribution in [0.5, 0.6) is 0 Å². The van der Waals surface area contributed by atoms with Crippen LogP contribution < -0.4 is 4.90 Å². The highest BCUT2D eigenvalue weighted by Crippen LogP contribution is 2.39. The van der Waals surface area contributed by atoms with Crippen molar-refractivity contribution >= 4 is 32.5 Å². The number of piperidine rings is 1. The van der Waals surface area contributed by atoms with Crippen LogP contribution >= 0.6 is 0 Å². The zero-order chi connectivity index (χ0) is 26.6. The number of likely N-dealkylation sites (N-methyl/N-ethyl adjacent to an activating group) is 1. The molecule has 38 heavy (non-hydrogen) atoms. The minimum atomic E-state index is -3.62. The Balaban J connectivity index is 1.26. The molecule has 0 N–H and O–H groups in total. The third-order valence-corrected chi connectivity index (χ3v) is 10.4. The topological polar surface area (TPSA) is 62.6 Å². The first-order chi connectivity index (χ1) is 18.3. The number of aromatic nitrogens is 1. The van der Waals surface area contributed by atoms with Gasteiger partial charge in [-0.05, 0) is 79.1 Å². The maximum atomic E-state index is 13.5. The summed E-state index contributed by atoms with van der Waals surface area (Å²) in [6.45, 7) is 6.16. The first kappa shape index (κ1) is 24.9. The number of hydrogen-bond acceptors (Lipinski definition) is 3. The van der Waals surface area contributed by atoms with Gasteiger partial charge in [-0.25, -0.2) is 8.42 Å². The molecule has 3 heterocycles. The minimum Gasteiger partial charge on any atom is -0.340 e. The van der Waals surface area contributed by atoms with Crippen molar-refractivity contribution in [2.75, 3.05) is 25.0 Å². The van der Waals surface area contributed by atoms with Crippen LogP contribution in [-0.4, -0.2) is 43.3 Å². The standard InChI is InChI=1S/C31H33N3O3S/c1-21-8-4-5-9-24(21)20-34-22(2)31(27-10-6-7-11-29(27)34)23-14-16-33(17-15-23)38(36,37)26-12-13-28-25(18-26)19-30(35)32(28)3/h4-13,18,23H,14-17,19-20H2,1-3H3. The van der Waals surface area contributed by atoms with E-state index in [0.717, 1.165) is 30.6 Å². The molecule has 4 aromatic rings. The molecule has 6 rings (SSSR count). The number of para-hydroxylation sites is 1. The van der Waals surface area contributed by atoms with E-state index in [4.69, 9.17) is 0 Å². The van der Waals surface area contributed by atoms with E-state index in [1.807, 2.05) is 0 Å². The van der Waals surface area contributed by atoms with Crippen LogP contribution in [0.15, 0.2) is 71.6 Å². The molecule has 0 bridgehead atoms. The highest BCUT2D eigenvalue weighted by Gasteiger charge is 2.33. The molecule has 0 unspecified atom stereocenters. The predicted molar refractivity (Wildman–Crippen MR) is 151 cm³/mol. The maximum absolute atomic E-state index is 13.5. The summed E-state index contributed by atoms with van der Waals surface area (Å²) >= 11 is 0. The van der Waals surface area contributed by atoms with Gasteiger partial charge < -0.3 is 9.47 Å². The lowest BCUT2D eigenvalue weighted by Crippen LogP contribution is -2.38. The molecule has 0 spiro atoms. The fourth-order valence-corrected chi connectivity index (χ4v) is 7.80. The second-order valence-electron chi connectivity index (χ2n) is 10.6. The summed E-state index contributed by atoms with van der Waals surface area (Å²) in [7, 11) is -1.89. The van der Waals surface area contributed by atoms with Gasteiger partial charge in [-0.3, -0.25) is 4.79 Å². The quantitative estimate of drug-likeness (QED) is 0.349. The summed E-state index contributed by atoms with van der Waals surface area (Å²) < 4.78 is 31.1. The fraction of sp³-hybridized carbons (Fsp3) is 0.323. The second-order valence-corrected chi connectivity index (χ2v) is 12.6. The van der Waals surface area contributed by atoms with Crippen molar-refractivity contribution in [1.82, 2.24) is 8.87 Å². The number of carbonyl (C=O) groups is 1. The highest BCUT2D eigenvalue weighted by atomic mass is 32.2. The van der Waals surface area contributed by atoms with Crippen molar-refractivity contribution in [3.8, 4) is 0 Å². The smallest absolute Gasteiger partial charge is 0.243 e. The Morgan fingerprint density at radius 2 is 1.63 bits per heavy atom. The van der Waals surface area contributed by atoms with Crippen molar-refractivity contribution in [3.05, 3.63) is 94.7 Å². The molecule has 0 aliphatic carbocycles. The molecule has 196 valence electrons. The number of anilines is 1. The van der Waals surface area contributed by atoms with Gasteiger partial charge in [0.1, 0.15) is 0 Å². The van der Waals surface area contributed by atoms with Crippen LogP contribution in [0.25, 0.3) is 10.9 Å². The number of sulfonamides is 1. The lowest BCUT2D eigenvalue weighted by molar-refractivity contribution is -0.117. The summed E-state index contributed by atoms with van der Waals surface area (Å²) in [6.07, 6.45) is 1.82. The van der Waals surface area contributed by atoms with Gasteiger partial charge in [0.05, 0.1) is 11.3 Å².